The predicted molar refractivity (Wildman–Crippen MR) is 113 cm³/mol. The zero-order valence-electron chi connectivity index (χ0n) is 16.9. The van der Waals surface area contributed by atoms with Gasteiger partial charge in [0.2, 0.25) is 11.2 Å². The molecule has 0 aliphatic carbocycles. The first kappa shape index (κ1) is 20.1. The third-order valence-electron chi connectivity index (χ3n) is 5.17. The van der Waals surface area contributed by atoms with E-state index in [9.17, 15) is 9.90 Å². The molecule has 1 N–H and O–H groups in total. The Morgan fingerprint density at radius 1 is 1.10 bits per heavy atom. The summed E-state index contributed by atoms with van der Waals surface area (Å²) < 4.78 is 22.6. The highest BCUT2D eigenvalue weighted by Crippen LogP contribution is 2.42. The highest BCUT2D eigenvalue weighted by Gasteiger charge is 2.20. The lowest BCUT2D eigenvalue weighted by Crippen LogP contribution is -2.33. The number of aromatic hydroxyl groups is 1. The average Bonchev–Trinajstić information content (AvgIpc) is 2.75. The Labute approximate surface area is 174 Å². The maximum atomic E-state index is 12.6. The van der Waals surface area contributed by atoms with E-state index in [1.807, 2.05) is 18.2 Å². The third kappa shape index (κ3) is 4.36. The van der Waals surface area contributed by atoms with Crippen molar-refractivity contribution in [3.63, 3.8) is 0 Å². The smallest absolute Gasteiger partial charge is 0.294 e. The lowest BCUT2D eigenvalue weighted by atomic mass is 10.1. The van der Waals surface area contributed by atoms with Crippen LogP contribution in [0.1, 0.15) is 19.3 Å². The van der Waals surface area contributed by atoms with Crippen molar-refractivity contribution in [3.8, 4) is 28.9 Å². The van der Waals surface area contributed by atoms with Crippen molar-refractivity contribution < 1.29 is 23.7 Å². The standard InChI is InChI=1S/C23H25NO6/c1-27-23-19(28-13-12-24-10-6-3-7-11-24)15-18-21(22(23)26)17(25)14-20(30-18)29-16-8-4-2-5-9-16/h2,4-5,8-9,14-15,26H,3,6-7,10-13H2,1H3. The lowest BCUT2D eigenvalue weighted by Gasteiger charge is -2.26. The molecule has 7 nitrogen and oxygen atoms in total. The van der Waals surface area contributed by atoms with Crippen LogP contribution in [0, 0.1) is 0 Å². The van der Waals surface area contributed by atoms with E-state index in [-0.39, 0.29) is 28.4 Å². The summed E-state index contributed by atoms with van der Waals surface area (Å²) in [6.45, 7) is 3.35. The summed E-state index contributed by atoms with van der Waals surface area (Å²) in [7, 11) is 1.42. The van der Waals surface area contributed by atoms with Gasteiger partial charge >= 0.3 is 0 Å². The maximum Gasteiger partial charge on any atom is 0.294 e. The molecule has 0 spiro atoms. The number of hydrogen-bond donors (Lipinski definition) is 1. The first-order valence-corrected chi connectivity index (χ1v) is 10.1. The first-order valence-electron chi connectivity index (χ1n) is 10.1. The minimum absolute atomic E-state index is 0.0237. The zero-order valence-corrected chi connectivity index (χ0v) is 16.9. The molecule has 1 aromatic heterocycles. The number of phenolic OH excluding ortho intramolecular Hbond substituents is 1. The van der Waals surface area contributed by atoms with Crippen molar-refractivity contribution >= 4 is 11.0 Å². The summed E-state index contributed by atoms with van der Waals surface area (Å²) in [5.41, 5.74) is -0.266. The van der Waals surface area contributed by atoms with Gasteiger partial charge in [0.05, 0.1) is 13.2 Å². The van der Waals surface area contributed by atoms with E-state index in [4.69, 9.17) is 18.6 Å². The maximum absolute atomic E-state index is 12.6. The molecule has 1 aliphatic heterocycles. The van der Waals surface area contributed by atoms with E-state index >= 15 is 0 Å². The van der Waals surface area contributed by atoms with E-state index in [0.29, 0.717) is 18.1 Å². The van der Waals surface area contributed by atoms with Gasteiger partial charge in [0, 0.05) is 12.6 Å². The number of hydrogen-bond acceptors (Lipinski definition) is 7. The Morgan fingerprint density at radius 3 is 2.60 bits per heavy atom. The van der Waals surface area contributed by atoms with Crippen LogP contribution in [0.3, 0.4) is 0 Å². The van der Waals surface area contributed by atoms with E-state index < -0.39 is 5.43 Å². The average molecular weight is 411 g/mol. The minimum atomic E-state index is -0.433. The third-order valence-corrected chi connectivity index (χ3v) is 5.17. The normalized spacial score (nSPS) is 14.6. The molecular weight excluding hydrogens is 386 g/mol. The van der Waals surface area contributed by atoms with Crippen molar-refractivity contribution in [2.45, 2.75) is 19.3 Å². The molecule has 0 bridgehead atoms. The summed E-state index contributed by atoms with van der Waals surface area (Å²) in [6.07, 6.45) is 3.68. The van der Waals surface area contributed by atoms with E-state index in [0.717, 1.165) is 19.6 Å². The van der Waals surface area contributed by atoms with Gasteiger partial charge in [-0.3, -0.25) is 9.69 Å². The van der Waals surface area contributed by atoms with Crippen LogP contribution in [0.4, 0.5) is 0 Å². The van der Waals surface area contributed by atoms with Crippen LogP contribution in [0.15, 0.2) is 51.7 Å². The van der Waals surface area contributed by atoms with Crippen molar-refractivity contribution in [1.29, 1.82) is 0 Å². The fourth-order valence-corrected chi connectivity index (χ4v) is 3.67. The van der Waals surface area contributed by atoms with Gasteiger partial charge < -0.3 is 23.7 Å². The zero-order chi connectivity index (χ0) is 20.9. The number of ether oxygens (including phenoxy) is 3. The number of rotatable bonds is 7. The van der Waals surface area contributed by atoms with Crippen LogP contribution < -0.4 is 19.6 Å². The van der Waals surface area contributed by atoms with E-state index in [2.05, 4.69) is 4.90 Å². The fraction of sp³-hybridized carbons (Fsp3) is 0.348. The molecule has 30 heavy (non-hydrogen) atoms. The number of para-hydroxylation sites is 1. The van der Waals surface area contributed by atoms with Crippen LogP contribution in [0.25, 0.3) is 11.0 Å². The molecule has 1 aliphatic rings. The van der Waals surface area contributed by atoms with Crippen LogP contribution in [0.5, 0.6) is 28.9 Å². The molecule has 158 valence electrons. The number of phenols is 1. The number of piperidine rings is 1. The Kier molecular flexibility index (Phi) is 6.09. The Bertz CT molecular complexity index is 1060. The van der Waals surface area contributed by atoms with Crippen LogP contribution in [-0.2, 0) is 0 Å². The molecule has 2 aromatic carbocycles. The first-order chi connectivity index (χ1) is 14.7. The number of nitrogens with zero attached hydrogens (tertiary/aromatic N) is 1. The molecule has 2 heterocycles. The van der Waals surface area contributed by atoms with Gasteiger partial charge in [0.1, 0.15) is 23.3 Å². The molecule has 3 aromatic rings. The summed E-state index contributed by atoms with van der Waals surface area (Å²) in [4.78, 5) is 15.0. The monoisotopic (exact) mass is 411 g/mol. The van der Waals surface area contributed by atoms with Crippen LogP contribution >= 0.6 is 0 Å². The summed E-state index contributed by atoms with van der Waals surface area (Å²) in [5, 5.41) is 10.6. The molecule has 1 fully saturated rings. The molecule has 7 heteroatoms. The summed E-state index contributed by atoms with van der Waals surface area (Å²) in [5.74, 6) is 0.700. The SMILES string of the molecule is COc1c(OCCN2CCCCC2)cc2oc(Oc3ccccc3)cc(=O)c2c1O. The van der Waals surface area contributed by atoms with Crippen molar-refractivity contribution in [2.75, 3.05) is 33.4 Å². The van der Waals surface area contributed by atoms with Crippen LogP contribution in [0.2, 0.25) is 0 Å². The summed E-state index contributed by atoms with van der Waals surface area (Å²) >= 11 is 0. The molecule has 1 saturated heterocycles. The summed E-state index contributed by atoms with van der Waals surface area (Å²) in [6, 6.07) is 11.8. The largest absolute Gasteiger partial charge is 0.504 e. The highest BCUT2D eigenvalue weighted by molar-refractivity contribution is 5.88. The van der Waals surface area contributed by atoms with Gasteiger partial charge in [-0.05, 0) is 38.1 Å². The molecule has 0 amide bonds. The molecule has 0 radical (unpaired) electrons. The number of fused-ring (bicyclic) bond motifs is 1. The van der Waals surface area contributed by atoms with Gasteiger partial charge in [-0.2, -0.15) is 0 Å². The van der Waals surface area contributed by atoms with Crippen molar-refractivity contribution in [3.05, 3.63) is 52.7 Å². The second-order valence-electron chi connectivity index (χ2n) is 7.23. The Morgan fingerprint density at radius 2 is 1.87 bits per heavy atom. The second-order valence-corrected chi connectivity index (χ2v) is 7.23. The van der Waals surface area contributed by atoms with E-state index in [1.165, 1.54) is 32.4 Å². The molecule has 0 unspecified atom stereocenters. The Hall–Kier alpha value is -3.19. The number of methoxy groups -OCH3 is 1. The lowest BCUT2D eigenvalue weighted by molar-refractivity contribution is 0.180. The Balaban J connectivity index is 1.61. The van der Waals surface area contributed by atoms with E-state index in [1.54, 1.807) is 18.2 Å². The van der Waals surface area contributed by atoms with Gasteiger partial charge in [-0.15, -0.1) is 0 Å². The quantitative estimate of drug-likeness (QED) is 0.625. The highest BCUT2D eigenvalue weighted by atomic mass is 16.6. The molecule has 0 atom stereocenters. The molecular formula is C23H25NO6. The number of benzene rings is 2. The predicted octanol–water partition coefficient (Wildman–Crippen LogP) is 4.16. The van der Waals surface area contributed by atoms with Gasteiger partial charge in [0.15, 0.2) is 11.5 Å². The van der Waals surface area contributed by atoms with Crippen molar-refractivity contribution in [2.24, 2.45) is 0 Å². The van der Waals surface area contributed by atoms with Crippen molar-refractivity contribution in [1.82, 2.24) is 4.90 Å². The molecule has 4 rings (SSSR count). The van der Waals surface area contributed by atoms with Gasteiger partial charge in [0.25, 0.3) is 5.95 Å². The minimum Gasteiger partial charge on any atom is -0.504 e. The molecule has 0 saturated carbocycles. The second kappa shape index (κ2) is 9.09. The van der Waals surface area contributed by atoms with Gasteiger partial charge in [-0.1, -0.05) is 24.6 Å². The number of likely N-dealkylation sites (tertiary alicyclic amines) is 1. The fourth-order valence-electron chi connectivity index (χ4n) is 3.67. The van der Waals surface area contributed by atoms with Crippen LogP contribution in [-0.4, -0.2) is 43.4 Å². The van der Waals surface area contributed by atoms with Gasteiger partial charge in [-0.25, -0.2) is 0 Å². The topological polar surface area (TPSA) is 81.4 Å².